The molecule has 0 aliphatic carbocycles. The van der Waals surface area contributed by atoms with E-state index in [4.69, 9.17) is 4.42 Å². The van der Waals surface area contributed by atoms with Crippen molar-refractivity contribution in [2.75, 3.05) is 0 Å². The minimum Gasteiger partial charge on any atom is -0.464 e. The van der Waals surface area contributed by atoms with Crippen LogP contribution >= 0.6 is 0 Å². The van der Waals surface area contributed by atoms with Crippen molar-refractivity contribution in [2.24, 2.45) is 5.92 Å². The number of rotatable bonds is 6. The van der Waals surface area contributed by atoms with Gasteiger partial charge < -0.3 is 9.73 Å². The van der Waals surface area contributed by atoms with Crippen molar-refractivity contribution in [1.29, 1.82) is 0 Å². The summed E-state index contributed by atoms with van der Waals surface area (Å²) >= 11 is 0. The summed E-state index contributed by atoms with van der Waals surface area (Å²) < 4.78 is 5.54. The molecule has 0 aliphatic heterocycles. The first kappa shape index (κ1) is 13.2. The molecule has 2 atom stereocenters. The van der Waals surface area contributed by atoms with Crippen LogP contribution < -0.4 is 5.32 Å². The molecule has 98 valence electrons. The summed E-state index contributed by atoms with van der Waals surface area (Å²) in [5.41, 5.74) is 2.23. The quantitative estimate of drug-likeness (QED) is 0.818. The molecular weight excluding hydrogens is 222 g/mol. The highest BCUT2D eigenvalue weighted by Crippen LogP contribution is 2.20. The predicted octanol–water partition coefficient (Wildman–Crippen LogP) is 4.35. The van der Waals surface area contributed by atoms with Gasteiger partial charge in [-0.1, -0.05) is 38.5 Å². The van der Waals surface area contributed by atoms with Crippen LogP contribution in [0.4, 0.5) is 0 Å². The van der Waals surface area contributed by atoms with Gasteiger partial charge in [0.1, 0.15) is 5.58 Å². The van der Waals surface area contributed by atoms with Crippen molar-refractivity contribution in [1.82, 2.24) is 5.32 Å². The topological polar surface area (TPSA) is 25.2 Å². The largest absolute Gasteiger partial charge is 0.464 e. The summed E-state index contributed by atoms with van der Waals surface area (Å²) in [7, 11) is 0. The molecule has 0 bridgehead atoms. The van der Waals surface area contributed by atoms with Crippen LogP contribution in [0.2, 0.25) is 0 Å². The molecule has 2 rings (SSSR count). The normalized spacial score (nSPS) is 14.8. The average Bonchev–Trinajstić information content (AvgIpc) is 2.79. The van der Waals surface area contributed by atoms with E-state index in [0.717, 1.165) is 18.0 Å². The van der Waals surface area contributed by atoms with Gasteiger partial charge in [0.2, 0.25) is 0 Å². The van der Waals surface area contributed by atoms with E-state index in [1.54, 1.807) is 0 Å². The Hall–Kier alpha value is -1.28. The zero-order chi connectivity index (χ0) is 13.0. The van der Waals surface area contributed by atoms with Crippen molar-refractivity contribution in [3.8, 4) is 0 Å². The summed E-state index contributed by atoms with van der Waals surface area (Å²) in [6.45, 7) is 7.70. The van der Waals surface area contributed by atoms with Crippen LogP contribution in [0, 0.1) is 5.92 Å². The van der Waals surface area contributed by atoms with Gasteiger partial charge in [-0.3, -0.25) is 0 Å². The number of para-hydroxylation sites is 1. The third-order valence-corrected chi connectivity index (χ3v) is 3.65. The van der Waals surface area contributed by atoms with E-state index in [1.165, 1.54) is 23.8 Å². The Morgan fingerprint density at radius 1 is 1.22 bits per heavy atom. The van der Waals surface area contributed by atoms with Gasteiger partial charge in [-0.15, -0.1) is 0 Å². The Morgan fingerprint density at radius 3 is 2.78 bits per heavy atom. The standard InChI is InChI=1S/C16H23NO/c1-4-12(2)9-13(3)17-10-14-11-18-16-8-6-5-7-15(14)16/h5-8,11-13,17H,4,9-10H2,1-3H3. The maximum absolute atomic E-state index is 5.54. The monoisotopic (exact) mass is 245 g/mol. The van der Waals surface area contributed by atoms with Crippen molar-refractivity contribution in [2.45, 2.75) is 46.2 Å². The second-order valence-electron chi connectivity index (χ2n) is 5.29. The molecule has 1 heterocycles. The van der Waals surface area contributed by atoms with Crippen LogP contribution in [0.3, 0.4) is 0 Å². The van der Waals surface area contributed by atoms with E-state index in [0.29, 0.717) is 6.04 Å². The molecule has 0 saturated carbocycles. The summed E-state index contributed by atoms with van der Waals surface area (Å²) in [4.78, 5) is 0. The number of furan rings is 1. The Balaban J connectivity index is 1.94. The van der Waals surface area contributed by atoms with Gasteiger partial charge in [0.15, 0.2) is 0 Å². The van der Waals surface area contributed by atoms with E-state index < -0.39 is 0 Å². The third-order valence-electron chi connectivity index (χ3n) is 3.65. The van der Waals surface area contributed by atoms with Gasteiger partial charge in [-0.25, -0.2) is 0 Å². The van der Waals surface area contributed by atoms with Crippen LogP contribution in [0.25, 0.3) is 11.0 Å². The smallest absolute Gasteiger partial charge is 0.134 e. The van der Waals surface area contributed by atoms with Crippen molar-refractivity contribution in [3.05, 3.63) is 36.1 Å². The second kappa shape index (κ2) is 6.05. The Morgan fingerprint density at radius 2 is 2.00 bits per heavy atom. The fraction of sp³-hybridized carbons (Fsp3) is 0.500. The summed E-state index contributed by atoms with van der Waals surface area (Å²) in [5, 5.41) is 4.81. The lowest BCUT2D eigenvalue weighted by Gasteiger charge is -2.17. The highest BCUT2D eigenvalue weighted by atomic mass is 16.3. The molecule has 0 fully saturated rings. The van der Waals surface area contributed by atoms with Gasteiger partial charge in [-0.05, 0) is 25.3 Å². The zero-order valence-corrected chi connectivity index (χ0v) is 11.6. The number of fused-ring (bicyclic) bond motifs is 1. The Bertz CT molecular complexity index is 489. The van der Waals surface area contributed by atoms with Crippen molar-refractivity contribution < 1.29 is 4.42 Å². The minimum absolute atomic E-state index is 0.550. The van der Waals surface area contributed by atoms with E-state index in [1.807, 2.05) is 18.4 Å². The van der Waals surface area contributed by atoms with Gasteiger partial charge >= 0.3 is 0 Å². The van der Waals surface area contributed by atoms with Crippen LogP contribution in [0.15, 0.2) is 34.9 Å². The summed E-state index contributed by atoms with van der Waals surface area (Å²) in [6, 6.07) is 8.75. The maximum atomic E-state index is 5.54. The molecule has 18 heavy (non-hydrogen) atoms. The first-order valence-electron chi connectivity index (χ1n) is 6.89. The molecule has 0 saturated heterocycles. The van der Waals surface area contributed by atoms with Gasteiger partial charge in [-0.2, -0.15) is 0 Å². The molecule has 2 nitrogen and oxygen atoms in total. The third kappa shape index (κ3) is 3.14. The lowest BCUT2D eigenvalue weighted by molar-refractivity contribution is 0.411. The lowest BCUT2D eigenvalue weighted by Crippen LogP contribution is -2.27. The highest BCUT2D eigenvalue weighted by Gasteiger charge is 2.09. The van der Waals surface area contributed by atoms with Crippen LogP contribution in [0.1, 0.15) is 39.2 Å². The molecule has 1 aromatic carbocycles. The van der Waals surface area contributed by atoms with E-state index in [2.05, 4.69) is 38.2 Å². The fourth-order valence-corrected chi connectivity index (χ4v) is 2.31. The highest BCUT2D eigenvalue weighted by molar-refractivity contribution is 5.80. The predicted molar refractivity (Wildman–Crippen MR) is 76.6 cm³/mol. The molecule has 2 unspecified atom stereocenters. The summed E-state index contributed by atoms with van der Waals surface area (Å²) in [5.74, 6) is 0.786. The molecule has 1 aromatic heterocycles. The molecule has 1 N–H and O–H groups in total. The zero-order valence-electron chi connectivity index (χ0n) is 11.6. The van der Waals surface area contributed by atoms with E-state index >= 15 is 0 Å². The average molecular weight is 245 g/mol. The molecule has 0 aliphatic rings. The van der Waals surface area contributed by atoms with Gasteiger partial charge in [0, 0.05) is 23.5 Å². The Labute approximate surface area is 109 Å². The van der Waals surface area contributed by atoms with Crippen LogP contribution in [0.5, 0.6) is 0 Å². The Kier molecular flexibility index (Phi) is 4.43. The number of nitrogens with one attached hydrogen (secondary N) is 1. The minimum atomic E-state index is 0.550. The van der Waals surface area contributed by atoms with Crippen molar-refractivity contribution >= 4 is 11.0 Å². The number of hydrogen-bond acceptors (Lipinski definition) is 2. The van der Waals surface area contributed by atoms with Gasteiger partial charge in [0.05, 0.1) is 6.26 Å². The van der Waals surface area contributed by atoms with Crippen LogP contribution in [-0.2, 0) is 6.54 Å². The lowest BCUT2D eigenvalue weighted by atomic mass is 10.0. The van der Waals surface area contributed by atoms with E-state index in [-0.39, 0.29) is 0 Å². The molecule has 2 aromatic rings. The number of hydrogen-bond donors (Lipinski definition) is 1. The molecular formula is C16H23NO. The molecule has 0 spiro atoms. The van der Waals surface area contributed by atoms with E-state index in [9.17, 15) is 0 Å². The molecule has 0 radical (unpaired) electrons. The summed E-state index contributed by atoms with van der Waals surface area (Å²) in [6.07, 6.45) is 4.35. The number of benzene rings is 1. The fourth-order valence-electron chi connectivity index (χ4n) is 2.31. The van der Waals surface area contributed by atoms with Gasteiger partial charge in [0.25, 0.3) is 0 Å². The first-order valence-corrected chi connectivity index (χ1v) is 6.89. The maximum Gasteiger partial charge on any atom is 0.134 e. The second-order valence-corrected chi connectivity index (χ2v) is 5.29. The first-order chi connectivity index (χ1) is 8.70. The molecule has 0 amide bonds. The SMILES string of the molecule is CCC(C)CC(C)NCc1coc2ccccc12. The van der Waals surface area contributed by atoms with Crippen LogP contribution in [-0.4, -0.2) is 6.04 Å². The molecule has 2 heteroatoms. The van der Waals surface area contributed by atoms with Crippen molar-refractivity contribution in [3.63, 3.8) is 0 Å².